The zero-order valence-corrected chi connectivity index (χ0v) is 10.9. The Hall–Kier alpha value is -1.76. The zero-order chi connectivity index (χ0) is 14.8. The van der Waals surface area contributed by atoms with Crippen LogP contribution in [0.2, 0.25) is 0 Å². The van der Waals surface area contributed by atoms with Gasteiger partial charge in [-0.15, -0.1) is 13.2 Å². The van der Waals surface area contributed by atoms with Crippen molar-refractivity contribution in [3.63, 3.8) is 0 Å². The van der Waals surface area contributed by atoms with Crippen molar-refractivity contribution in [3.8, 4) is 5.75 Å². The van der Waals surface area contributed by atoms with E-state index >= 15 is 0 Å². The van der Waals surface area contributed by atoms with Crippen molar-refractivity contribution in [2.75, 3.05) is 20.1 Å². The van der Waals surface area contributed by atoms with Gasteiger partial charge in [0, 0.05) is 19.1 Å². The van der Waals surface area contributed by atoms with Crippen LogP contribution in [-0.4, -0.2) is 43.3 Å². The lowest BCUT2D eigenvalue weighted by Gasteiger charge is -2.19. The number of nitrogens with zero attached hydrogens (tertiary/aromatic N) is 1. The first-order valence-electron chi connectivity index (χ1n) is 6.22. The topological polar surface area (TPSA) is 41.6 Å². The highest BCUT2D eigenvalue weighted by molar-refractivity contribution is 5.97. The van der Waals surface area contributed by atoms with Crippen LogP contribution in [0.5, 0.6) is 5.75 Å². The van der Waals surface area contributed by atoms with Crippen LogP contribution in [0.3, 0.4) is 0 Å². The third-order valence-corrected chi connectivity index (χ3v) is 3.23. The Kier molecular flexibility index (Phi) is 4.17. The standard InChI is InChI=1S/C13H15F3N2O2/c1-17-9-6-7-18(8-9)12(19)10-4-2-3-5-11(10)20-13(14,15)16/h2-5,9,17H,6-8H2,1H3/t9-/m1/s1. The Bertz CT molecular complexity index is 491. The molecule has 1 N–H and O–H groups in total. The van der Waals surface area contributed by atoms with Gasteiger partial charge < -0.3 is 15.0 Å². The van der Waals surface area contributed by atoms with Gasteiger partial charge in [-0.1, -0.05) is 12.1 Å². The highest BCUT2D eigenvalue weighted by atomic mass is 19.4. The first-order valence-corrected chi connectivity index (χ1v) is 6.22. The summed E-state index contributed by atoms with van der Waals surface area (Å²) in [6.45, 7) is 1.00. The van der Waals surface area contributed by atoms with Crippen molar-refractivity contribution in [2.45, 2.75) is 18.8 Å². The molecule has 1 aliphatic heterocycles. The lowest BCUT2D eigenvalue weighted by Crippen LogP contribution is -2.34. The fourth-order valence-corrected chi connectivity index (χ4v) is 2.21. The highest BCUT2D eigenvalue weighted by Gasteiger charge is 2.34. The number of hydrogen-bond acceptors (Lipinski definition) is 3. The molecule has 2 rings (SSSR count). The van der Waals surface area contributed by atoms with Crippen LogP contribution in [0.1, 0.15) is 16.8 Å². The molecule has 0 saturated carbocycles. The molecular formula is C13H15F3N2O2. The van der Waals surface area contributed by atoms with Crippen molar-refractivity contribution in [3.05, 3.63) is 29.8 Å². The van der Waals surface area contributed by atoms with Gasteiger partial charge in [0.2, 0.25) is 0 Å². The molecule has 1 atom stereocenters. The molecule has 7 heteroatoms. The van der Waals surface area contributed by atoms with Gasteiger partial charge in [0.1, 0.15) is 5.75 Å². The van der Waals surface area contributed by atoms with Crippen molar-refractivity contribution < 1.29 is 22.7 Å². The first-order chi connectivity index (χ1) is 9.40. The van der Waals surface area contributed by atoms with Gasteiger partial charge in [-0.3, -0.25) is 4.79 Å². The van der Waals surface area contributed by atoms with Crippen LogP contribution >= 0.6 is 0 Å². The van der Waals surface area contributed by atoms with Gasteiger partial charge in [-0.25, -0.2) is 0 Å². The van der Waals surface area contributed by atoms with Gasteiger partial charge in [-0.05, 0) is 25.6 Å². The molecule has 4 nitrogen and oxygen atoms in total. The van der Waals surface area contributed by atoms with E-state index in [-0.39, 0.29) is 11.6 Å². The lowest BCUT2D eigenvalue weighted by atomic mass is 10.2. The monoisotopic (exact) mass is 288 g/mol. The predicted octanol–water partition coefficient (Wildman–Crippen LogP) is 2.02. The van der Waals surface area contributed by atoms with Gasteiger partial charge in [-0.2, -0.15) is 0 Å². The second-order valence-corrected chi connectivity index (χ2v) is 4.57. The number of likely N-dealkylation sites (tertiary alicyclic amines) is 1. The molecule has 1 aromatic carbocycles. The quantitative estimate of drug-likeness (QED) is 0.925. The van der Waals surface area contributed by atoms with Gasteiger partial charge >= 0.3 is 6.36 Å². The average Bonchev–Trinajstić information content (AvgIpc) is 2.85. The minimum absolute atomic E-state index is 0.0680. The van der Waals surface area contributed by atoms with Gasteiger partial charge in [0.15, 0.2) is 0 Å². The van der Waals surface area contributed by atoms with E-state index in [1.807, 2.05) is 0 Å². The number of alkyl halides is 3. The summed E-state index contributed by atoms with van der Waals surface area (Å²) in [5, 5.41) is 3.05. The SMILES string of the molecule is CN[C@@H]1CCN(C(=O)c2ccccc2OC(F)(F)F)C1. The molecule has 0 spiro atoms. The summed E-state index contributed by atoms with van der Waals surface area (Å²) in [5.74, 6) is -0.902. The van der Waals surface area contributed by atoms with Crippen molar-refractivity contribution >= 4 is 5.91 Å². The number of likely N-dealkylation sites (N-methyl/N-ethyl adjacent to an activating group) is 1. The van der Waals surface area contributed by atoms with E-state index in [1.54, 1.807) is 7.05 Å². The van der Waals surface area contributed by atoms with Crippen LogP contribution in [0.15, 0.2) is 24.3 Å². The number of nitrogens with one attached hydrogen (secondary N) is 1. The maximum absolute atomic E-state index is 12.3. The highest BCUT2D eigenvalue weighted by Crippen LogP contribution is 2.27. The smallest absolute Gasteiger partial charge is 0.405 e. The van der Waals surface area contributed by atoms with Crippen molar-refractivity contribution in [1.29, 1.82) is 0 Å². The van der Waals surface area contributed by atoms with E-state index in [9.17, 15) is 18.0 Å². The van der Waals surface area contributed by atoms with Crippen molar-refractivity contribution in [1.82, 2.24) is 10.2 Å². The van der Waals surface area contributed by atoms with E-state index in [1.165, 1.54) is 23.1 Å². The molecule has 1 aliphatic rings. The molecule has 1 aromatic rings. The molecule has 0 bridgehead atoms. The Balaban J connectivity index is 2.18. The van der Waals surface area contributed by atoms with E-state index in [2.05, 4.69) is 10.1 Å². The minimum atomic E-state index is -4.81. The summed E-state index contributed by atoms with van der Waals surface area (Å²) < 4.78 is 40.9. The molecule has 1 amide bonds. The number of halogens is 3. The number of amides is 1. The zero-order valence-electron chi connectivity index (χ0n) is 10.9. The van der Waals surface area contributed by atoms with Gasteiger partial charge in [0.05, 0.1) is 5.56 Å². The largest absolute Gasteiger partial charge is 0.573 e. The fourth-order valence-electron chi connectivity index (χ4n) is 2.21. The second-order valence-electron chi connectivity index (χ2n) is 4.57. The Labute approximate surface area is 114 Å². The number of para-hydroxylation sites is 1. The van der Waals surface area contributed by atoms with Crippen LogP contribution in [0.25, 0.3) is 0 Å². The summed E-state index contributed by atoms with van der Waals surface area (Å²) in [5.41, 5.74) is -0.0680. The van der Waals surface area contributed by atoms with E-state index in [0.29, 0.717) is 13.1 Å². The summed E-state index contributed by atoms with van der Waals surface area (Å²) in [6.07, 6.45) is -4.03. The molecule has 0 aromatic heterocycles. The summed E-state index contributed by atoms with van der Waals surface area (Å²) >= 11 is 0. The molecule has 1 fully saturated rings. The van der Waals surface area contributed by atoms with Crippen LogP contribution in [0.4, 0.5) is 13.2 Å². The molecule has 110 valence electrons. The summed E-state index contributed by atoms with van der Waals surface area (Å²) in [4.78, 5) is 13.8. The Morgan fingerprint density at radius 1 is 1.40 bits per heavy atom. The molecule has 20 heavy (non-hydrogen) atoms. The van der Waals surface area contributed by atoms with Gasteiger partial charge in [0.25, 0.3) is 5.91 Å². The molecule has 1 heterocycles. The van der Waals surface area contributed by atoms with E-state index < -0.39 is 18.0 Å². The average molecular weight is 288 g/mol. The number of benzene rings is 1. The molecule has 0 unspecified atom stereocenters. The van der Waals surface area contributed by atoms with Crippen molar-refractivity contribution in [2.24, 2.45) is 0 Å². The Morgan fingerprint density at radius 2 is 2.10 bits per heavy atom. The first kappa shape index (κ1) is 14.6. The molecule has 1 saturated heterocycles. The molecule has 0 radical (unpaired) electrons. The van der Waals surface area contributed by atoms with E-state index in [0.717, 1.165) is 12.5 Å². The third kappa shape index (κ3) is 3.41. The normalized spacial score (nSPS) is 19.2. The van der Waals surface area contributed by atoms with Crippen LogP contribution in [-0.2, 0) is 0 Å². The van der Waals surface area contributed by atoms with Crippen LogP contribution in [0, 0.1) is 0 Å². The number of carbonyl (C=O) groups is 1. The number of hydrogen-bond donors (Lipinski definition) is 1. The summed E-state index contributed by atoms with van der Waals surface area (Å²) in [6, 6.07) is 5.58. The molecule has 0 aliphatic carbocycles. The fraction of sp³-hybridized carbons (Fsp3) is 0.462. The summed E-state index contributed by atoms with van der Waals surface area (Å²) in [7, 11) is 1.79. The number of ether oxygens (including phenoxy) is 1. The van der Waals surface area contributed by atoms with Crippen LogP contribution < -0.4 is 10.1 Å². The number of carbonyl (C=O) groups excluding carboxylic acids is 1. The third-order valence-electron chi connectivity index (χ3n) is 3.23. The molecular weight excluding hydrogens is 273 g/mol. The maximum Gasteiger partial charge on any atom is 0.573 e. The lowest BCUT2D eigenvalue weighted by molar-refractivity contribution is -0.274. The second kappa shape index (κ2) is 5.70. The maximum atomic E-state index is 12.3. The minimum Gasteiger partial charge on any atom is -0.405 e. The Morgan fingerprint density at radius 3 is 2.70 bits per heavy atom. The predicted molar refractivity (Wildman–Crippen MR) is 66.5 cm³/mol. The van der Waals surface area contributed by atoms with E-state index in [4.69, 9.17) is 0 Å². The number of rotatable bonds is 3.